The first-order valence-electron chi connectivity index (χ1n) is 8.10. The van der Waals surface area contributed by atoms with Gasteiger partial charge in [-0.15, -0.1) is 0 Å². The first-order chi connectivity index (χ1) is 9.86. The Morgan fingerprint density at radius 1 is 1.29 bits per heavy atom. The van der Waals surface area contributed by atoms with Crippen LogP contribution in [0.5, 0.6) is 0 Å². The molecule has 0 aromatic heterocycles. The molecule has 1 N–H and O–H groups in total. The largest absolute Gasteiger partial charge is 0.383 e. The average molecular weight is 299 g/mol. The molecule has 0 saturated carbocycles. The zero-order chi connectivity index (χ0) is 16.0. The number of ether oxygens (including phenoxy) is 1. The number of likely N-dealkylation sites (N-methyl/N-ethyl adjacent to an activating group) is 1. The molecule has 1 amide bonds. The van der Waals surface area contributed by atoms with Crippen molar-refractivity contribution in [2.45, 2.75) is 46.3 Å². The Labute approximate surface area is 130 Å². The third-order valence-corrected chi connectivity index (χ3v) is 4.06. The van der Waals surface area contributed by atoms with Crippen molar-refractivity contribution in [3.8, 4) is 0 Å². The van der Waals surface area contributed by atoms with Gasteiger partial charge in [0, 0.05) is 26.7 Å². The van der Waals surface area contributed by atoms with E-state index >= 15 is 0 Å². The minimum Gasteiger partial charge on any atom is -0.383 e. The van der Waals surface area contributed by atoms with Gasteiger partial charge in [-0.3, -0.25) is 10.1 Å². The molecular formula is C16H33N3O2. The molecule has 1 aliphatic rings. The van der Waals surface area contributed by atoms with E-state index in [1.807, 2.05) is 4.90 Å². The van der Waals surface area contributed by atoms with Crippen molar-refractivity contribution < 1.29 is 9.53 Å². The standard InChI is InChI=1S/C16H33N3O2/c1-12(2)11-14-17-15(13(3)4)16(20)19(14)8-7-18(5)9-10-21-6/h12-15,17H,7-11H2,1-6H3. The Kier molecular flexibility index (Phi) is 7.63. The van der Waals surface area contributed by atoms with Crippen LogP contribution in [-0.4, -0.2) is 68.3 Å². The number of hydrogen-bond donors (Lipinski definition) is 1. The molecule has 0 aromatic carbocycles. The van der Waals surface area contributed by atoms with Gasteiger partial charge in [-0.2, -0.15) is 0 Å². The topological polar surface area (TPSA) is 44.8 Å². The number of nitrogens with one attached hydrogen (secondary N) is 1. The molecule has 21 heavy (non-hydrogen) atoms. The predicted octanol–water partition coefficient (Wildman–Crippen LogP) is 1.39. The average Bonchev–Trinajstić information content (AvgIpc) is 2.70. The van der Waals surface area contributed by atoms with Crippen molar-refractivity contribution in [3.05, 3.63) is 0 Å². The lowest BCUT2D eigenvalue weighted by Gasteiger charge is -2.27. The van der Waals surface area contributed by atoms with Crippen LogP contribution in [0.2, 0.25) is 0 Å². The SMILES string of the molecule is COCCN(C)CCN1C(=O)C(C(C)C)NC1CC(C)C. The number of nitrogens with zero attached hydrogens (tertiary/aromatic N) is 2. The van der Waals surface area contributed by atoms with Crippen LogP contribution in [0.3, 0.4) is 0 Å². The van der Waals surface area contributed by atoms with E-state index in [-0.39, 0.29) is 18.1 Å². The van der Waals surface area contributed by atoms with Gasteiger partial charge >= 0.3 is 0 Å². The third-order valence-electron chi connectivity index (χ3n) is 4.06. The minimum atomic E-state index is -0.0296. The number of methoxy groups -OCH3 is 1. The minimum absolute atomic E-state index is 0.0296. The third kappa shape index (κ3) is 5.57. The highest BCUT2D eigenvalue weighted by atomic mass is 16.5. The molecular weight excluding hydrogens is 266 g/mol. The van der Waals surface area contributed by atoms with Crippen molar-refractivity contribution in [2.24, 2.45) is 11.8 Å². The lowest BCUT2D eigenvalue weighted by molar-refractivity contribution is -0.131. The van der Waals surface area contributed by atoms with Crippen LogP contribution < -0.4 is 5.32 Å². The second-order valence-electron chi connectivity index (χ2n) is 6.86. The van der Waals surface area contributed by atoms with Crippen LogP contribution in [0.1, 0.15) is 34.1 Å². The fourth-order valence-electron chi connectivity index (χ4n) is 2.72. The highest BCUT2D eigenvalue weighted by Gasteiger charge is 2.39. The summed E-state index contributed by atoms with van der Waals surface area (Å²) >= 11 is 0. The van der Waals surface area contributed by atoms with Gasteiger partial charge in [0.15, 0.2) is 0 Å². The normalized spacial score (nSPS) is 23.1. The lowest BCUT2D eigenvalue weighted by atomic mass is 10.0. The molecule has 124 valence electrons. The summed E-state index contributed by atoms with van der Waals surface area (Å²) in [4.78, 5) is 16.8. The van der Waals surface area contributed by atoms with Crippen molar-refractivity contribution in [3.63, 3.8) is 0 Å². The predicted molar refractivity (Wildman–Crippen MR) is 86.1 cm³/mol. The van der Waals surface area contributed by atoms with Gasteiger partial charge in [0.1, 0.15) is 0 Å². The summed E-state index contributed by atoms with van der Waals surface area (Å²) in [7, 11) is 3.79. The quantitative estimate of drug-likeness (QED) is 0.699. The van der Waals surface area contributed by atoms with E-state index in [0.29, 0.717) is 11.8 Å². The van der Waals surface area contributed by atoms with E-state index < -0.39 is 0 Å². The molecule has 0 aliphatic carbocycles. The van der Waals surface area contributed by atoms with Crippen molar-refractivity contribution in [1.82, 2.24) is 15.1 Å². The maximum atomic E-state index is 12.6. The summed E-state index contributed by atoms with van der Waals surface area (Å²) in [5.74, 6) is 1.18. The second-order valence-corrected chi connectivity index (χ2v) is 6.86. The summed E-state index contributed by atoms with van der Waals surface area (Å²) in [5, 5.41) is 3.52. The van der Waals surface area contributed by atoms with E-state index in [1.54, 1.807) is 7.11 Å². The fourth-order valence-corrected chi connectivity index (χ4v) is 2.72. The van der Waals surface area contributed by atoms with Gasteiger partial charge in [-0.05, 0) is 25.3 Å². The zero-order valence-electron chi connectivity index (χ0n) is 14.6. The van der Waals surface area contributed by atoms with Gasteiger partial charge in [0.05, 0.1) is 18.8 Å². The Hall–Kier alpha value is -0.650. The molecule has 0 aromatic rings. The number of amides is 1. The molecule has 1 rings (SSSR count). The molecule has 0 bridgehead atoms. The second kappa shape index (κ2) is 8.71. The van der Waals surface area contributed by atoms with Gasteiger partial charge in [-0.1, -0.05) is 27.7 Å². The smallest absolute Gasteiger partial charge is 0.241 e. The fraction of sp³-hybridized carbons (Fsp3) is 0.938. The van der Waals surface area contributed by atoms with Crippen LogP contribution in [0.15, 0.2) is 0 Å². The van der Waals surface area contributed by atoms with Crippen LogP contribution in [-0.2, 0) is 9.53 Å². The molecule has 0 spiro atoms. The molecule has 0 radical (unpaired) electrons. The maximum Gasteiger partial charge on any atom is 0.241 e. The molecule has 1 saturated heterocycles. The van der Waals surface area contributed by atoms with Crippen LogP contribution in [0.4, 0.5) is 0 Å². The van der Waals surface area contributed by atoms with Crippen LogP contribution in [0, 0.1) is 11.8 Å². The number of carbonyl (C=O) groups is 1. The highest BCUT2D eigenvalue weighted by molar-refractivity contribution is 5.84. The maximum absolute atomic E-state index is 12.6. The van der Waals surface area contributed by atoms with Gasteiger partial charge in [0.2, 0.25) is 5.91 Å². The van der Waals surface area contributed by atoms with Crippen LogP contribution >= 0.6 is 0 Å². The number of carbonyl (C=O) groups excluding carboxylic acids is 1. The van der Waals surface area contributed by atoms with Gasteiger partial charge in [-0.25, -0.2) is 0 Å². The van der Waals surface area contributed by atoms with E-state index in [1.165, 1.54) is 0 Å². The number of hydrogen-bond acceptors (Lipinski definition) is 4. The molecule has 5 heteroatoms. The summed E-state index contributed by atoms with van der Waals surface area (Å²) < 4.78 is 5.09. The number of rotatable bonds is 9. The van der Waals surface area contributed by atoms with Gasteiger partial charge in [0.25, 0.3) is 0 Å². The molecule has 1 heterocycles. The monoisotopic (exact) mass is 299 g/mol. The van der Waals surface area contributed by atoms with E-state index in [4.69, 9.17) is 4.74 Å². The van der Waals surface area contributed by atoms with Crippen molar-refractivity contribution >= 4 is 5.91 Å². The molecule has 2 atom stereocenters. The zero-order valence-corrected chi connectivity index (χ0v) is 14.6. The van der Waals surface area contributed by atoms with Crippen LogP contribution in [0.25, 0.3) is 0 Å². The summed E-state index contributed by atoms with van der Waals surface area (Å²) in [5.41, 5.74) is 0. The Bertz CT molecular complexity index is 321. The first-order valence-corrected chi connectivity index (χ1v) is 8.10. The lowest BCUT2D eigenvalue weighted by Crippen LogP contribution is -2.42. The molecule has 1 fully saturated rings. The van der Waals surface area contributed by atoms with E-state index in [2.05, 4.69) is 45.0 Å². The molecule has 5 nitrogen and oxygen atoms in total. The summed E-state index contributed by atoms with van der Waals surface area (Å²) in [6, 6.07) is -0.0296. The Morgan fingerprint density at radius 2 is 1.95 bits per heavy atom. The summed E-state index contributed by atoms with van der Waals surface area (Å²) in [6.07, 6.45) is 1.19. The van der Waals surface area contributed by atoms with E-state index in [9.17, 15) is 4.79 Å². The summed E-state index contributed by atoms with van der Waals surface area (Å²) in [6.45, 7) is 11.9. The Morgan fingerprint density at radius 3 is 2.48 bits per heavy atom. The molecule has 1 aliphatic heterocycles. The Balaban J connectivity index is 2.59. The van der Waals surface area contributed by atoms with E-state index in [0.717, 1.165) is 32.7 Å². The van der Waals surface area contributed by atoms with Crippen molar-refractivity contribution in [1.29, 1.82) is 0 Å². The highest BCUT2D eigenvalue weighted by Crippen LogP contribution is 2.21. The molecule has 2 unspecified atom stereocenters. The van der Waals surface area contributed by atoms with Crippen molar-refractivity contribution in [2.75, 3.05) is 40.4 Å². The first kappa shape index (κ1) is 18.4. The van der Waals surface area contributed by atoms with Gasteiger partial charge < -0.3 is 14.5 Å².